The molecule has 0 spiro atoms. The summed E-state index contributed by atoms with van der Waals surface area (Å²) in [6.45, 7) is 5.12. The molecule has 0 heterocycles. The van der Waals surface area contributed by atoms with Crippen molar-refractivity contribution in [2.75, 3.05) is 13.2 Å². The maximum absolute atomic E-state index is 13.2. The number of carboxylic acids is 1. The van der Waals surface area contributed by atoms with Gasteiger partial charge in [-0.25, -0.2) is 9.59 Å². The van der Waals surface area contributed by atoms with Crippen molar-refractivity contribution in [1.82, 2.24) is 10.9 Å². The third-order valence-electron chi connectivity index (χ3n) is 5.28. The molecule has 172 valence electrons. The lowest BCUT2D eigenvalue weighted by atomic mass is 9.64. The molecule has 1 amide bonds. The zero-order chi connectivity index (χ0) is 23.7. The lowest BCUT2D eigenvalue weighted by Crippen LogP contribution is -2.54. The van der Waals surface area contributed by atoms with Crippen LogP contribution in [0.3, 0.4) is 0 Å². The first-order valence-electron chi connectivity index (χ1n) is 10.3. The number of carboxylic acid groups (broad SMARTS) is 1. The van der Waals surface area contributed by atoms with Crippen molar-refractivity contribution >= 4 is 23.8 Å². The largest absolute Gasteiger partial charge is 0.480 e. The molecule has 2 rings (SSSR count). The molecule has 2 unspecified atom stereocenters. The van der Waals surface area contributed by atoms with E-state index in [4.69, 9.17) is 9.47 Å². The molecule has 2 atom stereocenters. The summed E-state index contributed by atoms with van der Waals surface area (Å²) >= 11 is 0. The number of rotatable bonds is 9. The smallest absolute Gasteiger partial charge is 0.347 e. The van der Waals surface area contributed by atoms with Gasteiger partial charge in [0.25, 0.3) is 5.91 Å². The zero-order valence-corrected chi connectivity index (χ0v) is 18.3. The quantitative estimate of drug-likeness (QED) is 0.132. The molecule has 0 aliphatic heterocycles. The van der Waals surface area contributed by atoms with E-state index in [1.165, 1.54) is 0 Å². The second-order valence-corrected chi connectivity index (χ2v) is 7.30. The van der Waals surface area contributed by atoms with Gasteiger partial charge in [0, 0.05) is 12.1 Å². The first kappa shape index (κ1) is 24.6. The highest BCUT2D eigenvalue weighted by atomic mass is 16.6. The summed E-state index contributed by atoms with van der Waals surface area (Å²) < 4.78 is 9.65. The minimum absolute atomic E-state index is 0.00638. The van der Waals surface area contributed by atoms with Crippen LogP contribution in [-0.2, 0) is 28.7 Å². The van der Waals surface area contributed by atoms with E-state index in [0.29, 0.717) is 6.42 Å². The van der Waals surface area contributed by atoms with Crippen molar-refractivity contribution in [3.8, 4) is 0 Å². The van der Waals surface area contributed by atoms with E-state index < -0.39 is 40.7 Å². The highest BCUT2D eigenvalue weighted by Crippen LogP contribution is 2.47. The molecular formula is C23H28N2O7. The number of hydrogen-bond donors (Lipinski definition) is 3. The standard InChI is InChI=1S/C23H28N2O7/c1-4-31-19(26)17(20(27)32-5-2)14-24-25-21(28)23(22(29)30)12-11-15(3)13-18(23)16-9-7-6-8-10-16/h6-11,14,18,24H,4-5,12-13H2,1-3H3,(H,25,28)(H,29,30). The van der Waals surface area contributed by atoms with Gasteiger partial charge in [-0.15, -0.1) is 0 Å². The normalized spacial score (nSPS) is 19.7. The maximum atomic E-state index is 13.2. The molecule has 1 aliphatic carbocycles. The van der Waals surface area contributed by atoms with E-state index in [-0.39, 0.29) is 19.6 Å². The lowest BCUT2D eigenvalue weighted by Gasteiger charge is -2.38. The fraction of sp³-hybridized carbons (Fsp3) is 0.391. The number of hydrogen-bond acceptors (Lipinski definition) is 7. The first-order chi connectivity index (χ1) is 15.3. The Balaban J connectivity index is 2.32. The van der Waals surface area contributed by atoms with Gasteiger partial charge in [0.15, 0.2) is 11.0 Å². The third-order valence-corrected chi connectivity index (χ3v) is 5.28. The molecular weight excluding hydrogens is 416 g/mol. The zero-order valence-electron chi connectivity index (χ0n) is 18.3. The number of amides is 1. The Morgan fingerprint density at radius 3 is 2.22 bits per heavy atom. The summed E-state index contributed by atoms with van der Waals surface area (Å²) in [6, 6.07) is 8.98. The summed E-state index contributed by atoms with van der Waals surface area (Å²) in [4.78, 5) is 49.7. The number of allylic oxidation sites excluding steroid dienone is 2. The Morgan fingerprint density at radius 2 is 1.69 bits per heavy atom. The molecule has 0 aromatic heterocycles. The molecule has 0 saturated heterocycles. The summed E-state index contributed by atoms with van der Waals surface area (Å²) in [7, 11) is 0. The van der Waals surface area contributed by atoms with E-state index in [9.17, 15) is 24.3 Å². The molecule has 9 nitrogen and oxygen atoms in total. The Kier molecular flexibility index (Phi) is 8.57. The second-order valence-electron chi connectivity index (χ2n) is 7.30. The highest BCUT2D eigenvalue weighted by molar-refractivity contribution is 6.14. The summed E-state index contributed by atoms with van der Waals surface area (Å²) in [5.41, 5.74) is 4.17. The summed E-state index contributed by atoms with van der Waals surface area (Å²) in [6.07, 6.45) is 3.07. The Labute approximate surface area is 186 Å². The summed E-state index contributed by atoms with van der Waals surface area (Å²) in [5.74, 6) is -4.54. The average molecular weight is 444 g/mol. The molecule has 1 aliphatic rings. The SMILES string of the molecule is CCOC(=O)C(=CNNC(=O)C1(C(=O)O)CC=C(C)CC1c1ccccc1)C(=O)OCC. The van der Waals surface area contributed by atoms with E-state index in [0.717, 1.165) is 17.3 Å². The molecule has 0 saturated carbocycles. The van der Waals surface area contributed by atoms with Crippen LogP contribution in [0.5, 0.6) is 0 Å². The molecule has 0 fully saturated rings. The van der Waals surface area contributed by atoms with E-state index in [1.807, 2.05) is 13.0 Å². The average Bonchev–Trinajstić information content (AvgIpc) is 2.77. The molecule has 3 N–H and O–H groups in total. The fourth-order valence-electron chi connectivity index (χ4n) is 3.63. The number of aliphatic carboxylic acids is 1. The van der Waals surface area contributed by atoms with Crippen molar-refractivity contribution in [2.24, 2.45) is 5.41 Å². The van der Waals surface area contributed by atoms with Crippen molar-refractivity contribution in [3.63, 3.8) is 0 Å². The fourth-order valence-corrected chi connectivity index (χ4v) is 3.63. The number of ether oxygens (including phenoxy) is 2. The van der Waals surface area contributed by atoms with Crippen LogP contribution in [0, 0.1) is 5.41 Å². The van der Waals surface area contributed by atoms with Crippen molar-refractivity contribution in [1.29, 1.82) is 0 Å². The van der Waals surface area contributed by atoms with Crippen LogP contribution in [0.15, 0.2) is 53.8 Å². The van der Waals surface area contributed by atoms with Crippen LogP contribution in [0.2, 0.25) is 0 Å². The molecule has 1 aromatic rings. The minimum Gasteiger partial charge on any atom is -0.480 e. The van der Waals surface area contributed by atoms with Gasteiger partial charge in [-0.1, -0.05) is 42.0 Å². The monoisotopic (exact) mass is 444 g/mol. The molecule has 32 heavy (non-hydrogen) atoms. The Hall–Kier alpha value is -3.62. The highest BCUT2D eigenvalue weighted by Gasteiger charge is 2.53. The molecule has 1 aromatic carbocycles. The Morgan fingerprint density at radius 1 is 1.09 bits per heavy atom. The Bertz CT molecular complexity index is 904. The van der Waals surface area contributed by atoms with Crippen LogP contribution >= 0.6 is 0 Å². The topological polar surface area (TPSA) is 131 Å². The van der Waals surface area contributed by atoms with E-state index >= 15 is 0 Å². The van der Waals surface area contributed by atoms with Crippen LogP contribution in [-0.4, -0.2) is 42.1 Å². The van der Waals surface area contributed by atoms with Gasteiger partial charge in [-0.3, -0.25) is 15.0 Å². The number of esters is 2. The lowest BCUT2D eigenvalue weighted by molar-refractivity contribution is -0.158. The minimum atomic E-state index is -1.78. The van der Waals surface area contributed by atoms with Gasteiger partial charge in [0.1, 0.15) is 0 Å². The molecule has 9 heteroatoms. The predicted molar refractivity (Wildman–Crippen MR) is 115 cm³/mol. The van der Waals surface area contributed by atoms with Gasteiger partial charge < -0.3 is 20.0 Å². The van der Waals surface area contributed by atoms with Crippen molar-refractivity contribution < 1.29 is 33.8 Å². The molecule has 0 radical (unpaired) electrons. The number of nitrogens with one attached hydrogen (secondary N) is 2. The number of carbonyl (C=O) groups is 4. The van der Waals surface area contributed by atoms with Gasteiger partial charge in [0.05, 0.1) is 13.2 Å². The van der Waals surface area contributed by atoms with Crippen LogP contribution in [0.1, 0.15) is 45.1 Å². The maximum Gasteiger partial charge on any atom is 0.347 e. The van der Waals surface area contributed by atoms with Crippen LogP contribution < -0.4 is 10.9 Å². The van der Waals surface area contributed by atoms with Gasteiger partial charge >= 0.3 is 17.9 Å². The van der Waals surface area contributed by atoms with Crippen molar-refractivity contribution in [3.05, 3.63) is 59.3 Å². The van der Waals surface area contributed by atoms with Gasteiger partial charge in [-0.05, 0) is 39.2 Å². The summed E-state index contributed by atoms with van der Waals surface area (Å²) in [5, 5.41) is 10.1. The van der Waals surface area contributed by atoms with Crippen LogP contribution in [0.25, 0.3) is 0 Å². The molecule has 0 bridgehead atoms. The number of benzene rings is 1. The van der Waals surface area contributed by atoms with Crippen molar-refractivity contribution in [2.45, 2.75) is 39.5 Å². The van der Waals surface area contributed by atoms with E-state index in [2.05, 4.69) is 10.9 Å². The predicted octanol–water partition coefficient (Wildman–Crippen LogP) is 2.21. The van der Waals surface area contributed by atoms with E-state index in [1.54, 1.807) is 44.2 Å². The van der Waals surface area contributed by atoms with Gasteiger partial charge in [0.2, 0.25) is 0 Å². The van der Waals surface area contributed by atoms with Crippen LogP contribution in [0.4, 0.5) is 0 Å². The number of hydrazine groups is 1. The second kappa shape index (κ2) is 11.1. The number of carbonyl (C=O) groups excluding carboxylic acids is 3. The van der Waals surface area contributed by atoms with Gasteiger partial charge in [-0.2, -0.15) is 0 Å². The third kappa shape index (κ3) is 5.35. The first-order valence-corrected chi connectivity index (χ1v) is 10.3.